The van der Waals surface area contributed by atoms with Crippen molar-refractivity contribution in [3.63, 3.8) is 0 Å². The quantitative estimate of drug-likeness (QED) is 0.840. The van der Waals surface area contributed by atoms with E-state index in [-0.39, 0.29) is 12.0 Å². The summed E-state index contributed by atoms with van der Waals surface area (Å²) < 4.78 is 0.893. The van der Waals surface area contributed by atoms with E-state index in [0.717, 1.165) is 29.5 Å². The topological polar surface area (TPSA) is 45.1 Å². The lowest BCUT2D eigenvalue weighted by molar-refractivity contribution is 0.0576. The normalized spacial score (nSPS) is 17.9. The highest BCUT2D eigenvalue weighted by Gasteiger charge is 2.36. The number of nitrogens with one attached hydrogen (secondary N) is 1. The number of hydrogen-bond acceptors (Lipinski definition) is 3. The van der Waals surface area contributed by atoms with Gasteiger partial charge in [0.05, 0.1) is 16.8 Å². The highest BCUT2D eigenvalue weighted by atomic mass is 79.9. The molecule has 0 bridgehead atoms. The van der Waals surface area contributed by atoms with Gasteiger partial charge < -0.3 is 10.4 Å². The van der Waals surface area contributed by atoms with Crippen LogP contribution in [0.2, 0.25) is 5.15 Å². The van der Waals surface area contributed by atoms with Crippen LogP contribution in [0.15, 0.2) is 16.7 Å². The Kier molecular flexibility index (Phi) is 3.72. The van der Waals surface area contributed by atoms with Crippen LogP contribution in [0.25, 0.3) is 0 Å². The molecule has 0 amide bonds. The van der Waals surface area contributed by atoms with Crippen LogP contribution in [0.1, 0.15) is 19.3 Å². The number of nitrogens with zero attached hydrogens (tertiary/aromatic N) is 1. The molecule has 88 valence electrons. The van der Waals surface area contributed by atoms with Crippen LogP contribution in [0.5, 0.6) is 0 Å². The zero-order valence-corrected chi connectivity index (χ0v) is 11.2. The second-order valence-electron chi connectivity index (χ2n) is 4.35. The van der Waals surface area contributed by atoms with Crippen LogP contribution in [0.3, 0.4) is 0 Å². The van der Waals surface area contributed by atoms with Gasteiger partial charge in [0, 0.05) is 18.2 Å². The lowest BCUT2D eigenvalue weighted by Gasteiger charge is -2.40. The Balaban J connectivity index is 2.01. The second-order valence-corrected chi connectivity index (χ2v) is 5.59. The van der Waals surface area contributed by atoms with E-state index in [1.54, 1.807) is 12.3 Å². The Morgan fingerprint density at radius 1 is 1.56 bits per heavy atom. The van der Waals surface area contributed by atoms with Crippen molar-refractivity contribution in [1.82, 2.24) is 4.98 Å². The highest BCUT2D eigenvalue weighted by molar-refractivity contribution is 9.10. The van der Waals surface area contributed by atoms with Gasteiger partial charge in [0.25, 0.3) is 0 Å². The molecule has 16 heavy (non-hydrogen) atoms. The van der Waals surface area contributed by atoms with Crippen molar-refractivity contribution in [3.8, 4) is 0 Å². The molecular weight excluding hydrogens is 291 g/mol. The Hall–Kier alpha value is -0.320. The van der Waals surface area contributed by atoms with E-state index in [4.69, 9.17) is 11.6 Å². The van der Waals surface area contributed by atoms with Crippen LogP contribution in [0, 0.1) is 5.41 Å². The largest absolute Gasteiger partial charge is 0.396 e. The predicted octanol–water partition coefficient (Wildman–Crippen LogP) is 3.07. The summed E-state index contributed by atoms with van der Waals surface area (Å²) in [6, 6.07) is 1.79. The van der Waals surface area contributed by atoms with Gasteiger partial charge in [-0.15, -0.1) is 0 Å². The third-order valence-corrected chi connectivity index (χ3v) is 4.06. The van der Waals surface area contributed by atoms with E-state index in [1.165, 1.54) is 6.42 Å². The summed E-state index contributed by atoms with van der Waals surface area (Å²) in [5.74, 6) is 0. The van der Waals surface area contributed by atoms with E-state index in [1.807, 2.05) is 0 Å². The lowest BCUT2D eigenvalue weighted by Crippen LogP contribution is -2.39. The SMILES string of the molecule is OCC1(CNc2cc(Cl)ncc2Br)CCC1. The van der Waals surface area contributed by atoms with Gasteiger partial charge in [-0.2, -0.15) is 0 Å². The number of pyridine rings is 1. The zero-order chi connectivity index (χ0) is 11.6. The third-order valence-electron chi connectivity index (χ3n) is 3.23. The van der Waals surface area contributed by atoms with Crippen LogP contribution in [-0.4, -0.2) is 23.2 Å². The third kappa shape index (κ3) is 2.50. The first kappa shape index (κ1) is 12.1. The first-order valence-corrected chi connectivity index (χ1v) is 6.48. The fourth-order valence-electron chi connectivity index (χ4n) is 1.90. The van der Waals surface area contributed by atoms with Gasteiger partial charge in [0.1, 0.15) is 5.15 Å². The molecule has 0 atom stereocenters. The van der Waals surface area contributed by atoms with E-state index in [2.05, 4.69) is 26.2 Å². The van der Waals surface area contributed by atoms with Gasteiger partial charge in [-0.1, -0.05) is 18.0 Å². The standard InChI is InChI=1S/C11H14BrClN2O/c12-8-5-14-10(13)4-9(8)15-6-11(7-16)2-1-3-11/h4-5,16H,1-3,6-7H2,(H,14,15). The summed E-state index contributed by atoms with van der Waals surface area (Å²) in [4.78, 5) is 3.97. The molecule has 0 spiro atoms. The molecule has 1 aliphatic carbocycles. The smallest absolute Gasteiger partial charge is 0.131 e. The minimum absolute atomic E-state index is 0.0647. The molecule has 3 nitrogen and oxygen atoms in total. The summed E-state index contributed by atoms with van der Waals surface area (Å²) in [5, 5.41) is 13.1. The predicted molar refractivity (Wildman–Crippen MR) is 68.8 cm³/mol. The fraction of sp³-hybridized carbons (Fsp3) is 0.545. The van der Waals surface area contributed by atoms with Crippen LogP contribution in [-0.2, 0) is 0 Å². The van der Waals surface area contributed by atoms with Crippen molar-refractivity contribution in [2.24, 2.45) is 5.41 Å². The van der Waals surface area contributed by atoms with Gasteiger partial charge in [-0.25, -0.2) is 4.98 Å². The van der Waals surface area contributed by atoms with Gasteiger partial charge in [-0.3, -0.25) is 0 Å². The monoisotopic (exact) mass is 304 g/mol. The molecule has 0 radical (unpaired) electrons. The molecule has 2 N–H and O–H groups in total. The maximum atomic E-state index is 9.35. The lowest BCUT2D eigenvalue weighted by atomic mass is 9.69. The summed E-state index contributed by atoms with van der Waals surface area (Å²) in [6.07, 6.45) is 5.07. The van der Waals surface area contributed by atoms with Crippen molar-refractivity contribution in [2.75, 3.05) is 18.5 Å². The van der Waals surface area contributed by atoms with Crippen LogP contribution >= 0.6 is 27.5 Å². The number of aliphatic hydroxyl groups excluding tert-OH is 1. The van der Waals surface area contributed by atoms with Crippen LogP contribution in [0.4, 0.5) is 5.69 Å². The number of hydrogen-bond donors (Lipinski definition) is 2. The number of halogens is 2. The van der Waals surface area contributed by atoms with E-state index in [0.29, 0.717) is 5.15 Å². The van der Waals surface area contributed by atoms with Crippen molar-refractivity contribution in [2.45, 2.75) is 19.3 Å². The van der Waals surface area contributed by atoms with Gasteiger partial charge in [-0.05, 0) is 34.8 Å². The number of anilines is 1. The number of aliphatic hydroxyl groups is 1. The van der Waals surface area contributed by atoms with Crippen molar-refractivity contribution >= 4 is 33.2 Å². The zero-order valence-electron chi connectivity index (χ0n) is 8.84. The maximum absolute atomic E-state index is 9.35. The van der Waals surface area contributed by atoms with Crippen molar-refractivity contribution in [1.29, 1.82) is 0 Å². The van der Waals surface area contributed by atoms with E-state index >= 15 is 0 Å². The molecule has 1 fully saturated rings. The molecule has 0 aliphatic heterocycles. The molecule has 2 rings (SSSR count). The number of aromatic nitrogens is 1. The summed E-state index contributed by atoms with van der Waals surface area (Å²) in [5.41, 5.74) is 0.995. The Morgan fingerprint density at radius 2 is 2.31 bits per heavy atom. The molecule has 0 aromatic carbocycles. The summed E-state index contributed by atoms with van der Waals surface area (Å²) >= 11 is 9.24. The van der Waals surface area contributed by atoms with Crippen molar-refractivity contribution < 1.29 is 5.11 Å². The van der Waals surface area contributed by atoms with Gasteiger partial charge in [0.15, 0.2) is 0 Å². The average Bonchev–Trinajstić information content (AvgIpc) is 2.22. The number of rotatable bonds is 4. The van der Waals surface area contributed by atoms with Gasteiger partial charge >= 0.3 is 0 Å². The molecular formula is C11H14BrClN2O. The fourth-order valence-corrected chi connectivity index (χ4v) is 2.41. The molecule has 0 unspecified atom stereocenters. The van der Waals surface area contributed by atoms with E-state index < -0.39 is 0 Å². The Labute approximate surface area is 108 Å². The first-order chi connectivity index (χ1) is 7.65. The minimum Gasteiger partial charge on any atom is -0.396 e. The summed E-state index contributed by atoms with van der Waals surface area (Å²) in [6.45, 7) is 1.03. The van der Waals surface area contributed by atoms with Gasteiger partial charge in [0.2, 0.25) is 0 Å². The van der Waals surface area contributed by atoms with E-state index in [9.17, 15) is 5.11 Å². The second kappa shape index (κ2) is 4.90. The molecule has 0 saturated heterocycles. The Bertz CT molecular complexity index is 377. The minimum atomic E-state index is 0.0647. The average molecular weight is 306 g/mol. The van der Waals surface area contributed by atoms with Crippen LogP contribution < -0.4 is 5.32 Å². The summed E-state index contributed by atoms with van der Waals surface area (Å²) in [7, 11) is 0. The molecule has 1 aromatic heterocycles. The maximum Gasteiger partial charge on any atom is 0.131 e. The highest BCUT2D eigenvalue weighted by Crippen LogP contribution is 2.40. The first-order valence-electron chi connectivity index (χ1n) is 5.31. The molecule has 1 saturated carbocycles. The van der Waals surface area contributed by atoms with Crippen molar-refractivity contribution in [3.05, 3.63) is 21.9 Å². The molecule has 1 aliphatic rings. The Morgan fingerprint density at radius 3 is 2.88 bits per heavy atom. The molecule has 1 aromatic rings. The molecule has 1 heterocycles. The molecule has 5 heteroatoms.